The van der Waals surface area contributed by atoms with E-state index in [2.05, 4.69) is 27.8 Å². The first-order chi connectivity index (χ1) is 13.1. The summed E-state index contributed by atoms with van der Waals surface area (Å²) in [6, 6.07) is 10.1. The van der Waals surface area contributed by atoms with E-state index in [1.54, 1.807) is 11.1 Å². The number of benzene rings is 2. The molecule has 6 nitrogen and oxygen atoms in total. The number of amides is 1. The summed E-state index contributed by atoms with van der Waals surface area (Å²) in [7, 11) is 0. The van der Waals surface area contributed by atoms with Crippen LogP contribution in [-0.2, 0) is 4.79 Å². The predicted octanol–water partition coefficient (Wildman–Crippen LogP) is 3.79. The lowest BCUT2D eigenvalue weighted by molar-refractivity contribution is -0.130. The largest absolute Gasteiger partial charge is 0.436 e. The number of aromatic amines is 1. The van der Waals surface area contributed by atoms with Gasteiger partial charge in [0.1, 0.15) is 5.52 Å². The third kappa shape index (κ3) is 2.44. The van der Waals surface area contributed by atoms with Gasteiger partial charge in [0.2, 0.25) is 11.8 Å². The number of nitrogens with zero attached hydrogens (tertiary/aromatic N) is 3. The highest BCUT2D eigenvalue weighted by atomic mass is 16.3. The first-order valence-electron chi connectivity index (χ1n) is 8.89. The monoisotopic (exact) mass is 358 g/mol. The van der Waals surface area contributed by atoms with Gasteiger partial charge in [-0.05, 0) is 42.3 Å². The van der Waals surface area contributed by atoms with E-state index in [1.165, 1.54) is 6.08 Å². The molecule has 1 amide bonds. The van der Waals surface area contributed by atoms with E-state index in [0.29, 0.717) is 24.9 Å². The second-order valence-electron chi connectivity index (χ2n) is 6.98. The van der Waals surface area contributed by atoms with Crippen LogP contribution in [-0.4, -0.2) is 39.1 Å². The van der Waals surface area contributed by atoms with Crippen LogP contribution in [0.3, 0.4) is 0 Å². The lowest BCUT2D eigenvalue weighted by atomic mass is 9.91. The highest BCUT2D eigenvalue weighted by molar-refractivity contribution is 5.95. The molecule has 1 N–H and O–H groups in total. The second-order valence-corrected chi connectivity index (χ2v) is 6.98. The van der Waals surface area contributed by atoms with E-state index in [4.69, 9.17) is 4.42 Å². The number of nitrogens with one attached hydrogen (secondary N) is 1. The minimum Gasteiger partial charge on any atom is -0.436 e. The Kier molecular flexibility index (Phi) is 3.40. The third-order valence-electron chi connectivity index (χ3n) is 5.30. The van der Waals surface area contributed by atoms with Gasteiger partial charge >= 0.3 is 0 Å². The maximum atomic E-state index is 11.6. The number of carbonyl (C=O) groups excluding carboxylic acids is 1. The lowest BCUT2D eigenvalue weighted by Gasteiger charge is -2.38. The van der Waals surface area contributed by atoms with E-state index in [1.807, 2.05) is 31.2 Å². The van der Waals surface area contributed by atoms with Crippen molar-refractivity contribution in [3.8, 4) is 11.5 Å². The summed E-state index contributed by atoms with van der Waals surface area (Å²) in [4.78, 5) is 18.1. The third-order valence-corrected chi connectivity index (χ3v) is 5.30. The fraction of sp³-hybridized carbons (Fsp3) is 0.190. The minimum atomic E-state index is -0.0158. The molecule has 0 unspecified atom stereocenters. The van der Waals surface area contributed by atoms with Crippen molar-refractivity contribution in [3.63, 3.8) is 0 Å². The highest BCUT2D eigenvalue weighted by Gasteiger charge is 2.30. The zero-order chi connectivity index (χ0) is 18.5. The molecule has 0 radical (unpaired) electrons. The number of H-pyrrole nitrogens is 1. The summed E-state index contributed by atoms with van der Waals surface area (Å²) in [6.07, 6.45) is 3.17. The number of hydrogen-bond acceptors (Lipinski definition) is 4. The molecule has 5 rings (SSSR count). The molecule has 0 spiro atoms. The van der Waals surface area contributed by atoms with E-state index >= 15 is 0 Å². The first-order valence-corrected chi connectivity index (χ1v) is 8.89. The molecule has 0 bridgehead atoms. The Hall–Kier alpha value is -3.41. The Labute approximate surface area is 155 Å². The van der Waals surface area contributed by atoms with Gasteiger partial charge in [-0.2, -0.15) is 5.10 Å². The number of oxazole rings is 1. The summed E-state index contributed by atoms with van der Waals surface area (Å²) in [5.74, 6) is 0.910. The molecule has 2 aromatic carbocycles. The maximum Gasteiger partial charge on any atom is 0.245 e. The van der Waals surface area contributed by atoms with Crippen molar-refractivity contribution in [2.24, 2.45) is 0 Å². The number of likely N-dealkylation sites (tertiary alicyclic amines) is 1. The SMILES string of the molecule is C=CC(=O)N1CC(c2ccc3nc(-c4c(C)ccc5[nH]ncc45)oc3c2)C1. The summed E-state index contributed by atoms with van der Waals surface area (Å²) in [5.41, 5.74) is 5.76. The molecule has 1 fully saturated rings. The van der Waals surface area contributed by atoms with Crippen molar-refractivity contribution in [1.82, 2.24) is 20.1 Å². The molecule has 134 valence electrons. The Morgan fingerprint density at radius 1 is 1.33 bits per heavy atom. The number of hydrogen-bond donors (Lipinski definition) is 1. The highest BCUT2D eigenvalue weighted by Crippen LogP contribution is 2.34. The van der Waals surface area contributed by atoms with Crippen LogP contribution in [0.25, 0.3) is 33.5 Å². The fourth-order valence-electron chi connectivity index (χ4n) is 3.71. The summed E-state index contributed by atoms with van der Waals surface area (Å²) < 4.78 is 6.12. The average Bonchev–Trinajstić information content (AvgIpc) is 3.26. The zero-order valence-corrected chi connectivity index (χ0v) is 14.9. The summed E-state index contributed by atoms with van der Waals surface area (Å²) in [6.45, 7) is 7.01. The normalized spacial score (nSPS) is 14.6. The van der Waals surface area contributed by atoms with Crippen LogP contribution in [0.4, 0.5) is 0 Å². The average molecular weight is 358 g/mol. The fourth-order valence-corrected chi connectivity index (χ4v) is 3.71. The topological polar surface area (TPSA) is 75.0 Å². The Balaban J connectivity index is 1.51. The zero-order valence-electron chi connectivity index (χ0n) is 14.9. The van der Waals surface area contributed by atoms with Gasteiger partial charge < -0.3 is 9.32 Å². The molecule has 0 aliphatic carbocycles. The number of carbonyl (C=O) groups is 1. The lowest BCUT2D eigenvalue weighted by Crippen LogP contribution is -2.47. The van der Waals surface area contributed by atoms with Crippen LogP contribution in [0.15, 0.2) is 53.6 Å². The van der Waals surface area contributed by atoms with Gasteiger partial charge in [0.15, 0.2) is 5.58 Å². The first kappa shape index (κ1) is 15.8. The second kappa shape index (κ2) is 5.81. The standard InChI is InChI=1S/C21H18N4O2/c1-3-19(26)25-10-14(11-25)13-5-7-17-18(8-13)27-21(23-17)20-12(2)4-6-16-15(20)9-22-24-16/h3-9,14H,1,10-11H2,2H3,(H,22,24). The van der Waals surface area contributed by atoms with Crippen LogP contribution in [0, 0.1) is 6.92 Å². The van der Waals surface area contributed by atoms with Gasteiger partial charge in [0.05, 0.1) is 17.3 Å². The Bertz CT molecular complexity index is 1200. The van der Waals surface area contributed by atoms with E-state index in [9.17, 15) is 4.79 Å². The molecular weight excluding hydrogens is 340 g/mol. The van der Waals surface area contributed by atoms with Crippen molar-refractivity contribution in [2.45, 2.75) is 12.8 Å². The smallest absolute Gasteiger partial charge is 0.245 e. The van der Waals surface area contributed by atoms with Crippen LogP contribution in [0.1, 0.15) is 17.0 Å². The predicted molar refractivity (Wildman–Crippen MR) is 103 cm³/mol. The van der Waals surface area contributed by atoms with Gasteiger partial charge in [-0.15, -0.1) is 0 Å². The van der Waals surface area contributed by atoms with Gasteiger partial charge in [0, 0.05) is 24.4 Å². The van der Waals surface area contributed by atoms with Gasteiger partial charge in [-0.25, -0.2) is 4.98 Å². The minimum absolute atomic E-state index is 0.0158. The summed E-state index contributed by atoms with van der Waals surface area (Å²) in [5, 5.41) is 8.12. The molecule has 6 heteroatoms. The van der Waals surface area contributed by atoms with Crippen molar-refractivity contribution in [3.05, 3.63) is 60.3 Å². The van der Waals surface area contributed by atoms with E-state index in [0.717, 1.165) is 38.7 Å². The van der Waals surface area contributed by atoms with Gasteiger partial charge in [-0.3, -0.25) is 9.89 Å². The molecule has 0 atom stereocenters. The number of rotatable bonds is 3. The maximum absolute atomic E-state index is 11.6. The van der Waals surface area contributed by atoms with Crippen molar-refractivity contribution in [1.29, 1.82) is 0 Å². The number of fused-ring (bicyclic) bond motifs is 2. The molecule has 1 saturated heterocycles. The Morgan fingerprint density at radius 2 is 2.19 bits per heavy atom. The van der Waals surface area contributed by atoms with Crippen molar-refractivity contribution in [2.75, 3.05) is 13.1 Å². The van der Waals surface area contributed by atoms with Crippen LogP contribution in [0.2, 0.25) is 0 Å². The van der Waals surface area contributed by atoms with Gasteiger partial charge in [-0.1, -0.05) is 18.7 Å². The number of aromatic nitrogens is 3. The molecule has 1 aliphatic rings. The molecule has 0 saturated carbocycles. The Morgan fingerprint density at radius 3 is 3.00 bits per heavy atom. The van der Waals surface area contributed by atoms with Crippen molar-refractivity contribution < 1.29 is 9.21 Å². The molecule has 4 aromatic rings. The van der Waals surface area contributed by atoms with Crippen LogP contribution in [0.5, 0.6) is 0 Å². The van der Waals surface area contributed by atoms with E-state index < -0.39 is 0 Å². The summed E-state index contributed by atoms with van der Waals surface area (Å²) >= 11 is 0. The molecule has 2 aromatic heterocycles. The molecular formula is C21H18N4O2. The van der Waals surface area contributed by atoms with Gasteiger partial charge in [0.25, 0.3) is 0 Å². The van der Waals surface area contributed by atoms with Crippen LogP contribution < -0.4 is 0 Å². The van der Waals surface area contributed by atoms with Crippen molar-refractivity contribution >= 4 is 27.9 Å². The molecule has 3 heterocycles. The quantitative estimate of drug-likeness (QED) is 0.565. The van der Waals surface area contributed by atoms with Crippen LogP contribution >= 0.6 is 0 Å². The van der Waals surface area contributed by atoms with E-state index in [-0.39, 0.29) is 5.91 Å². The number of aryl methyl sites for hydroxylation is 1. The molecule has 1 aliphatic heterocycles. The molecule has 27 heavy (non-hydrogen) atoms.